The minimum absolute atomic E-state index is 0.324. The zero-order valence-electron chi connectivity index (χ0n) is 12.2. The van der Waals surface area contributed by atoms with Crippen molar-refractivity contribution >= 4 is 11.9 Å². The van der Waals surface area contributed by atoms with Crippen LogP contribution in [0.15, 0.2) is 53.3 Å². The summed E-state index contributed by atoms with van der Waals surface area (Å²) < 4.78 is 9.55. The Kier molecular flexibility index (Phi) is 4.42. The molecule has 21 heavy (non-hydrogen) atoms. The molecule has 1 unspecified atom stereocenters. The molecule has 1 aromatic carbocycles. The first kappa shape index (κ1) is 14.8. The highest BCUT2D eigenvalue weighted by Crippen LogP contribution is 2.30. The SMILES string of the molecule is COC(=O)C1=CC(C(=O)OC)=C(C)NC1c1ccccc1. The van der Waals surface area contributed by atoms with E-state index in [2.05, 4.69) is 5.32 Å². The van der Waals surface area contributed by atoms with E-state index in [4.69, 9.17) is 9.47 Å². The predicted molar refractivity (Wildman–Crippen MR) is 77.1 cm³/mol. The lowest BCUT2D eigenvalue weighted by atomic mass is 9.92. The summed E-state index contributed by atoms with van der Waals surface area (Å²) in [5.74, 6) is -0.974. The molecule has 0 amide bonds. The van der Waals surface area contributed by atoms with Crippen molar-refractivity contribution in [3.63, 3.8) is 0 Å². The number of methoxy groups -OCH3 is 2. The van der Waals surface area contributed by atoms with Crippen LogP contribution < -0.4 is 5.32 Å². The van der Waals surface area contributed by atoms with Gasteiger partial charge in [-0.3, -0.25) is 0 Å². The fourth-order valence-corrected chi connectivity index (χ4v) is 2.24. The summed E-state index contributed by atoms with van der Waals surface area (Å²) in [6, 6.07) is 9.14. The molecule has 0 fully saturated rings. The number of rotatable bonds is 3. The smallest absolute Gasteiger partial charge is 0.339 e. The van der Waals surface area contributed by atoms with Crippen LogP contribution in [0.4, 0.5) is 0 Å². The van der Waals surface area contributed by atoms with E-state index >= 15 is 0 Å². The first-order valence-electron chi connectivity index (χ1n) is 6.49. The maximum atomic E-state index is 12.0. The number of dihydropyridines is 1. The van der Waals surface area contributed by atoms with Gasteiger partial charge in [-0.05, 0) is 18.6 Å². The maximum Gasteiger partial charge on any atom is 0.339 e. The number of carbonyl (C=O) groups excluding carboxylic acids is 2. The van der Waals surface area contributed by atoms with Gasteiger partial charge in [-0.2, -0.15) is 0 Å². The van der Waals surface area contributed by atoms with E-state index in [-0.39, 0.29) is 6.04 Å². The largest absolute Gasteiger partial charge is 0.466 e. The average molecular weight is 287 g/mol. The van der Waals surface area contributed by atoms with Crippen LogP contribution in [0.3, 0.4) is 0 Å². The highest BCUT2D eigenvalue weighted by molar-refractivity contribution is 5.98. The zero-order valence-corrected chi connectivity index (χ0v) is 12.2. The van der Waals surface area contributed by atoms with Gasteiger partial charge in [-0.15, -0.1) is 0 Å². The number of hydrogen-bond acceptors (Lipinski definition) is 5. The van der Waals surface area contributed by atoms with Gasteiger partial charge in [-0.25, -0.2) is 9.59 Å². The molecule has 0 saturated heterocycles. The molecule has 1 N–H and O–H groups in total. The van der Waals surface area contributed by atoms with Gasteiger partial charge in [0.05, 0.1) is 31.4 Å². The Hall–Kier alpha value is -2.56. The molecule has 1 aliphatic heterocycles. The zero-order chi connectivity index (χ0) is 15.4. The van der Waals surface area contributed by atoms with Gasteiger partial charge in [0.15, 0.2) is 0 Å². The summed E-state index contributed by atoms with van der Waals surface area (Å²) in [4.78, 5) is 23.8. The van der Waals surface area contributed by atoms with Gasteiger partial charge >= 0.3 is 11.9 Å². The van der Waals surface area contributed by atoms with Crippen LogP contribution in [0, 0.1) is 0 Å². The van der Waals surface area contributed by atoms with Crippen molar-refractivity contribution in [1.82, 2.24) is 5.32 Å². The van der Waals surface area contributed by atoms with Crippen LogP contribution >= 0.6 is 0 Å². The Morgan fingerprint density at radius 1 is 1.05 bits per heavy atom. The fraction of sp³-hybridized carbons (Fsp3) is 0.250. The minimum atomic E-state index is -0.493. The topological polar surface area (TPSA) is 64.6 Å². The number of nitrogens with one attached hydrogen (secondary N) is 1. The minimum Gasteiger partial charge on any atom is -0.466 e. The Morgan fingerprint density at radius 3 is 2.24 bits per heavy atom. The Bertz CT molecular complexity index is 616. The standard InChI is InChI=1S/C16H17NO4/c1-10-12(15(18)20-2)9-13(16(19)21-3)14(17-10)11-7-5-4-6-8-11/h4-9,14,17H,1-3H3. The maximum absolute atomic E-state index is 12.0. The average Bonchev–Trinajstić information content (AvgIpc) is 2.54. The lowest BCUT2D eigenvalue weighted by molar-refractivity contribution is -0.136. The van der Waals surface area contributed by atoms with E-state index in [0.717, 1.165) is 5.56 Å². The number of carbonyl (C=O) groups is 2. The van der Waals surface area contributed by atoms with E-state index in [1.54, 1.807) is 6.92 Å². The normalized spacial score (nSPS) is 17.7. The van der Waals surface area contributed by atoms with Gasteiger partial charge in [0.1, 0.15) is 0 Å². The first-order valence-corrected chi connectivity index (χ1v) is 6.49. The quantitative estimate of drug-likeness (QED) is 0.860. The molecule has 0 bridgehead atoms. The lowest BCUT2D eigenvalue weighted by Gasteiger charge is -2.27. The van der Waals surface area contributed by atoms with Gasteiger partial charge in [-0.1, -0.05) is 30.3 Å². The Morgan fingerprint density at radius 2 is 1.67 bits per heavy atom. The van der Waals surface area contributed by atoms with E-state index in [0.29, 0.717) is 16.8 Å². The van der Waals surface area contributed by atoms with Crippen LogP contribution in [-0.2, 0) is 19.1 Å². The van der Waals surface area contributed by atoms with Crippen LogP contribution in [0.5, 0.6) is 0 Å². The molecule has 0 aliphatic carbocycles. The molecule has 5 heteroatoms. The van der Waals surface area contributed by atoms with Crippen molar-refractivity contribution < 1.29 is 19.1 Å². The summed E-state index contributed by atoms with van der Waals surface area (Å²) in [5, 5.41) is 3.17. The second-order valence-electron chi connectivity index (χ2n) is 4.61. The molecular weight excluding hydrogens is 270 g/mol. The lowest BCUT2D eigenvalue weighted by Crippen LogP contribution is -2.31. The Balaban J connectivity index is 2.47. The molecule has 1 heterocycles. The number of hydrogen-bond donors (Lipinski definition) is 1. The van der Waals surface area contributed by atoms with E-state index in [1.165, 1.54) is 20.3 Å². The van der Waals surface area contributed by atoms with E-state index < -0.39 is 11.9 Å². The first-order chi connectivity index (χ1) is 10.1. The highest BCUT2D eigenvalue weighted by Gasteiger charge is 2.30. The molecule has 0 radical (unpaired) electrons. The third-order valence-electron chi connectivity index (χ3n) is 3.34. The summed E-state index contributed by atoms with van der Waals surface area (Å²) in [6.45, 7) is 1.77. The van der Waals surface area contributed by atoms with Crippen molar-refractivity contribution in [2.45, 2.75) is 13.0 Å². The highest BCUT2D eigenvalue weighted by atomic mass is 16.5. The van der Waals surface area contributed by atoms with Crippen LogP contribution in [0.25, 0.3) is 0 Å². The fourth-order valence-electron chi connectivity index (χ4n) is 2.24. The van der Waals surface area contributed by atoms with E-state index in [9.17, 15) is 9.59 Å². The van der Waals surface area contributed by atoms with Gasteiger partial charge in [0.2, 0.25) is 0 Å². The summed E-state index contributed by atoms with van der Waals surface area (Å²) in [6.07, 6.45) is 1.53. The molecule has 2 rings (SSSR count). The summed E-state index contributed by atoms with van der Waals surface area (Å²) in [5.41, 5.74) is 2.26. The number of ether oxygens (including phenoxy) is 2. The van der Waals surface area contributed by atoms with Crippen molar-refractivity contribution in [2.24, 2.45) is 0 Å². The van der Waals surface area contributed by atoms with Gasteiger partial charge in [0, 0.05) is 5.70 Å². The predicted octanol–water partition coefficient (Wildman–Crippen LogP) is 1.88. The van der Waals surface area contributed by atoms with Crippen molar-refractivity contribution in [1.29, 1.82) is 0 Å². The second-order valence-corrected chi connectivity index (χ2v) is 4.61. The van der Waals surface area contributed by atoms with Gasteiger partial charge < -0.3 is 14.8 Å². The molecule has 1 aromatic rings. The second kappa shape index (κ2) is 6.26. The molecule has 5 nitrogen and oxygen atoms in total. The number of allylic oxidation sites excluding steroid dienone is 1. The summed E-state index contributed by atoms with van der Waals surface area (Å²) in [7, 11) is 2.62. The molecule has 0 saturated carbocycles. The molecular formula is C16H17NO4. The third-order valence-corrected chi connectivity index (χ3v) is 3.34. The van der Waals surface area contributed by atoms with Crippen LogP contribution in [0.2, 0.25) is 0 Å². The summed E-state index contributed by atoms with van der Waals surface area (Å²) >= 11 is 0. The van der Waals surface area contributed by atoms with Crippen molar-refractivity contribution in [3.05, 3.63) is 58.8 Å². The molecule has 1 aliphatic rings. The monoisotopic (exact) mass is 287 g/mol. The Labute approximate surface area is 123 Å². The number of esters is 2. The molecule has 1 atom stereocenters. The van der Waals surface area contributed by atoms with Crippen molar-refractivity contribution in [2.75, 3.05) is 14.2 Å². The van der Waals surface area contributed by atoms with Crippen LogP contribution in [0.1, 0.15) is 18.5 Å². The molecule has 0 aromatic heterocycles. The van der Waals surface area contributed by atoms with Crippen molar-refractivity contribution in [3.8, 4) is 0 Å². The number of benzene rings is 1. The third kappa shape index (κ3) is 2.97. The van der Waals surface area contributed by atoms with Gasteiger partial charge in [0.25, 0.3) is 0 Å². The molecule has 0 spiro atoms. The van der Waals surface area contributed by atoms with Crippen LogP contribution in [-0.4, -0.2) is 26.2 Å². The molecule has 110 valence electrons. The van der Waals surface area contributed by atoms with E-state index in [1.807, 2.05) is 30.3 Å².